The Morgan fingerprint density at radius 1 is 1.27 bits per heavy atom. The molecule has 0 saturated carbocycles. The summed E-state index contributed by atoms with van der Waals surface area (Å²) in [6.07, 6.45) is 2.96. The van der Waals surface area contributed by atoms with E-state index < -0.39 is 11.9 Å². The maximum atomic E-state index is 11.7. The first-order valence-electron chi connectivity index (χ1n) is 7.78. The van der Waals surface area contributed by atoms with Gasteiger partial charge in [-0.25, -0.2) is 10.2 Å². The first-order chi connectivity index (χ1) is 12.5. The van der Waals surface area contributed by atoms with Crippen molar-refractivity contribution >= 4 is 35.4 Å². The molecule has 0 aliphatic heterocycles. The average molecular weight is 378 g/mol. The average Bonchev–Trinajstić information content (AvgIpc) is 3.13. The summed E-state index contributed by atoms with van der Waals surface area (Å²) in [6.45, 7) is 0.0225. The van der Waals surface area contributed by atoms with Crippen molar-refractivity contribution in [3.05, 3.63) is 52.9 Å². The predicted octanol–water partition coefficient (Wildman–Crippen LogP) is 1.95. The summed E-state index contributed by atoms with van der Waals surface area (Å²) in [5.41, 5.74) is 3.95. The van der Waals surface area contributed by atoms with Crippen molar-refractivity contribution in [3.63, 3.8) is 0 Å². The van der Waals surface area contributed by atoms with Gasteiger partial charge in [-0.15, -0.1) is 0 Å². The Kier molecular flexibility index (Phi) is 7.04. The number of rotatable bonds is 7. The summed E-state index contributed by atoms with van der Waals surface area (Å²) < 4.78 is 5.08. The smallest absolute Gasteiger partial charge is 0.315 e. The Morgan fingerprint density at radius 3 is 2.73 bits per heavy atom. The maximum absolute atomic E-state index is 11.7. The second kappa shape index (κ2) is 9.47. The second-order valence-electron chi connectivity index (χ2n) is 5.51. The van der Waals surface area contributed by atoms with Gasteiger partial charge in [-0.1, -0.05) is 11.6 Å². The fourth-order valence-electron chi connectivity index (χ4n) is 1.92. The molecule has 1 heterocycles. The van der Waals surface area contributed by atoms with Crippen molar-refractivity contribution in [1.29, 1.82) is 0 Å². The zero-order valence-corrected chi connectivity index (χ0v) is 15.2. The van der Waals surface area contributed by atoms with Crippen LogP contribution in [0.3, 0.4) is 0 Å². The Hall–Kier alpha value is -3.00. The van der Waals surface area contributed by atoms with Crippen LogP contribution in [0.15, 0.2) is 46.1 Å². The molecule has 8 nitrogen and oxygen atoms in total. The minimum atomic E-state index is -0.483. The third-order valence-electron chi connectivity index (χ3n) is 3.31. The molecule has 0 atom stereocenters. The van der Waals surface area contributed by atoms with E-state index in [2.05, 4.69) is 21.2 Å². The van der Waals surface area contributed by atoms with Crippen molar-refractivity contribution < 1.29 is 14.0 Å². The van der Waals surface area contributed by atoms with Crippen molar-refractivity contribution in [2.45, 2.75) is 6.54 Å². The number of amides is 3. The third kappa shape index (κ3) is 6.14. The van der Waals surface area contributed by atoms with E-state index in [1.165, 1.54) is 12.5 Å². The van der Waals surface area contributed by atoms with Crippen LogP contribution in [0.1, 0.15) is 11.3 Å². The lowest BCUT2D eigenvalue weighted by Gasteiger charge is -2.13. The number of halogens is 1. The standard InChI is InChI=1S/C17H20ClN5O3/c1-23(2)13-6-5-12(15(18)8-13)9-21-22-16(24)11-20-17(25)19-10-14-4-3-7-26-14/h3-9H,10-11H2,1-2H3,(H,22,24)(H2,19,20,25)/b21-9-. The SMILES string of the molecule is CN(C)c1ccc(/C=N\NC(=O)CNC(=O)NCc2ccco2)c(Cl)c1. The van der Waals surface area contributed by atoms with Crippen LogP contribution in [0.25, 0.3) is 0 Å². The zero-order valence-electron chi connectivity index (χ0n) is 14.5. The van der Waals surface area contributed by atoms with E-state index in [1.54, 1.807) is 24.3 Å². The fraction of sp³-hybridized carbons (Fsp3) is 0.235. The topological polar surface area (TPSA) is 99.0 Å². The van der Waals surface area contributed by atoms with Crippen LogP contribution in [-0.2, 0) is 11.3 Å². The summed E-state index contributed by atoms with van der Waals surface area (Å²) in [6, 6.07) is 8.46. The van der Waals surface area contributed by atoms with Gasteiger partial charge in [-0.05, 0) is 30.3 Å². The molecule has 0 unspecified atom stereocenters. The van der Waals surface area contributed by atoms with Crippen molar-refractivity contribution in [3.8, 4) is 0 Å². The van der Waals surface area contributed by atoms with Gasteiger partial charge in [-0.2, -0.15) is 5.10 Å². The first-order valence-corrected chi connectivity index (χ1v) is 8.16. The number of carbonyl (C=O) groups excluding carboxylic acids is 2. The van der Waals surface area contributed by atoms with E-state index in [0.717, 1.165) is 5.69 Å². The van der Waals surface area contributed by atoms with E-state index in [4.69, 9.17) is 16.0 Å². The molecule has 26 heavy (non-hydrogen) atoms. The Balaban J connectivity index is 1.72. The van der Waals surface area contributed by atoms with E-state index in [0.29, 0.717) is 16.3 Å². The summed E-state index contributed by atoms with van der Waals surface area (Å²) in [5.74, 6) is 0.154. The molecular weight excluding hydrogens is 358 g/mol. The predicted molar refractivity (Wildman–Crippen MR) is 100 cm³/mol. The van der Waals surface area contributed by atoms with Crippen molar-refractivity contribution in [2.24, 2.45) is 5.10 Å². The number of hydrazone groups is 1. The molecule has 3 amide bonds. The number of carbonyl (C=O) groups is 2. The van der Waals surface area contributed by atoms with Gasteiger partial charge in [0.15, 0.2) is 0 Å². The molecule has 0 fully saturated rings. The van der Waals surface area contributed by atoms with Crippen LogP contribution in [0, 0.1) is 0 Å². The normalized spacial score (nSPS) is 10.6. The zero-order chi connectivity index (χ0) is 18.9. The maximum Gasteiger partial charge on any atom is 0.315 e. The summed E-state index contributed by atoms with van der Waals surface area (Å²) in [7, 11) is 3.83. The van der Waals surface area contributed by atoms with Gasteiger partial charge in [0.25, 0.3) is 5.91 Å². The molecule has 0 radical (unpaired) electrons. The highest BCUT2D eigenvalue weighted by Gasteiger charge is 2.05. The molecule has 2 rings (SSSR count). The second-order valence-corrected chi connectivity index (χ2v) is 5.92. The number of anilines is 1. The largest absolute Gasteiger partial charge is 0.467 e. The number of hydrogen-bond donors (Lipinski definition) is 3. The molecule has 0 bridgehead atoms. The Bertz CT molecular complexity index is 775. The summed E-state index contributed by atoms with van der Waals surface area (Å²) >= 11 is 6.17. The van der Waals surface area contributed by atoms with Gasteiger partial charge in [0, 0.05) is 25.3 Å². The highest BCUT2D eigenvalue weighted by Crippen LogP contribution is 2.21. The van der Waals surface area contributed by atoms with Gasteiger partial charge in [0.1, 0.15) is 12.3 Å². The van der Waals surface area contributed by atoms with Crippen LogP contribution in [-0.4, -0.2) is 38.8 Å². The van der Waals surface area contributed by atoms with E-state index in [9.17, 15) is 9.59 Å². The van der Waals surface area contributed by atoms with Crippen LogP contribution in [0.5, 0.6) is 0 Å². The Labute approximate surface area is 156 Å². The third-order valence-corrected chi connectivity index (χ3v) is 3.63. The monoisotopic (exact) mass is 377 g/mol. The number of furan rings is 1. The fourth-order valence-corrected chi connectivity index (χ4v) is 2.14. The molecule has 0 aliphatic carbocycles. The number of nitrogens with one attached hydrogen (secondary N) is 3. The number of urea groups is 1. The first kappa shape index (κ1) is 19.3. The van der Waals surface area contributed by atoms with Crippen molar-refractivity contribution in [1.82, 2.24) is 16.1 Å². The lowest BCUT2D eigenvalue weighted by atomic mass is 10.2. The van der Waals surface area contributed by atoms with Gasteiger partial charge in [0.05, 0.1) is 24.0 Å². The molecule has 0 aliphatic rings. The molecule has 0 spiro atoms. The minimum absolute atomic E-state index is 0.214. The molecule has 1 aromatic carbocycles. The molecule has 0 saturated heterocycles. The minimum Gasteiger partial charge on any atom is -0.467 e. The van der Waals surface area contributed by atoms with Gasteiger partial charge in [-0.3, -0.25) is 4.79 Å². The van der Waals surface area contributed by atoms with E-state index >= 15 is 0 Å². The molecular formula is C17H20ClN5O3. The quantitative estimate of drug-likeness (QED) is 0.507. The summed E-state index contributed by atoms with van der Waals surface area (Å²) in [4.78, 5) is 25.2. The Morgan fingerprint density at radius 2 is 2.08 bits per heavy atom. The van der Waals surface area contributed by atoms with E-state index in [-0.39, 0.29) is 13.1 Å². The molecule has 3 N–H and O–H groups in total. The van der Waals surface area contributed by atoms with Crippen LogP contribution in [0.2, 0.25) is 5.02 Å². The summed E-state index contributed by atoms with van der Waals surface area (Å²) in [5, 5.41) is 9.33. The highest BCUT2D eigenvalue weighted by atomic mass is 35.5. The number of benzene rings is 1. The lowest BCUT2D eigenvalue weighted by Crippen LogP contribution is -2.40. The van der Waals surface area contributed by atoms with Crippen LogP contribution >= 0.6 is 11.6 Å². The molecule has 2 aromatic rings. The van der Waals surface area contributed by atoms with Crippen LogP contribution in [0.4, 0.5) is 10.5 Å². The van der Waals surface area contributed by atoms with E-state index in [1.807, 2.05) is 25.1 Å². The van der Waals surface area contributed by atoms with Gasteiger partial charge < -0.3 is 20.0 Å². The number of hydrogen-bond acceptors (Lipinski definition) is 5. The highest BCUT2D eigenvalue weighted by molar-refractivity contribution is 6.33. The lowest BCUT2D eigenvalue weighted by molar-refractivity contribution is -0.120. The number of nitrogens with zero attached hydrogens (tertiary/aromatic N) is 2. The molecule has 138 valence electrons. The molecule has 9 heteroatoms. The van der Waals surface area contributed by atoms with Crippen LogP contribution < -0.4 is 21.0 Å². The van der Waals surface area contributed by atoms with Crippen molar-refractivity contribution in [2.75, 3.05) is 25.5 Å². The van der Waals surface area contributed by atoms with Gasteiger partial charge in [0.2, 0.25) is 0 Å². The molecule has 1 aromatic heterocycles. The van der Waals surface area contributed by atoms with Gasteiger partial charge >= 0.3 is 6.03 Å².